The van der Waals surface area contributed by atoms with Crippen LogP contribution in [0.5, 0.6) is 0 Å². The molecule has 222 valence electrons. The highest BCUT2D eigenvalue weighted by molar-refractivity contribution is 6.10. The summed E-state index contributed by atoms with van der Waals surface area (Å²) in [5.74, 6) is -2.05. The van der Waals surface area contributed by atoms with Gasteiger partial charge in [-0.1, -0.05) is 0 Å². The molecule has 5 rings (SSSR count). The summed E-state index contributed by atoms with van der Waals surface area (Å²) < 4.78 is 11.9. The van der Waals surface area contributed by atoms with Crippen LogP contribution in [0.25, 0.3) is 33.4 Å². The van der Waals surface area contributed by atoms with E-state index in [0.717, 1.165) is 46.2 Å². The summed E-state index contributed by atoms with van der Waals surface area (Å²) >= 11 is 0. The van der Waals surface area contributed by atoms with Crippen LogP contribution in [0.1, 0.15) is 65.5 Å². The summed E-state index contributed by atoms with van der Waals surface area (Å²) in [4.78, 5) is 59.3. The number of ether oxygens (including phenoxy) is 1. The maximum absolute atomic E-state index is 13.3. The number of imide groups is 1. The number of hydrogen-bond donors (Lipinski definition) is 2. The van der Waals surface area contributed by atoms with Crippen molar-refractivity contribution in [2.45, 2.75) is 47.5 Å². The number of fused-ring (bicyclic) bond motifs is 2. The van der Waals surface area contributed by atoms with E-state index in [9.17, 15) is 19.2 Å². The third-order valence-corrected chi connectivity index (χ3v) is 7.35. The number of esters is 1. The van der Waals surface area contributed by atoms with Crippen LogP contribution in [0.15, 0.2) is 46.9 Å². The lowest BCUT2D eigenvalue weighted by Gasteiger charge is -2.20. The second-order valence-electron chi connectivity index (χ2n) is 10.3. The minimum Gasteiger partial charge on any atom is -0.462 e. The molecule has 10 heteroatoms. The molecule has 2 aromatic rings. The van der Waals surface area contributed by atoms with Gasteiger partial charge in [0.25, 0.3) is 11.8 Å². The summed E-state index contributed by atoms with van der Waals surface area (Å²) in [5.41, 5.74) is 5.52. The van der Waals surface area contributed by atoms with Crippen LogP contribution in [-0.4, -0.2) is 48.5 Å². The zero-order valence-electron chi connectivity index (χ0n) is 24.9. The molecule has 1 saturated heterocycles. The number of aryl methyl sites for hydroxylation is 2. The number of hydrogen-bond acceptors (Lipinski definition) is 8. The van der Waals surface area contributed by atoms with E-state index in [1.807, 2.05) is 52.0 Å². The number of nitrogens with one attached hydrogen (secondary N) is 2. The van der Waals surface area contributed by atoms with E-state index >= 15 is 0 Å². The van der Waals surface area contributed by atoms with E-state index in [0.29, 0.717) is 27.5 Å². The molecule has 3 aliphatic rings. The molecule has 0 spiro atoms. The van der Waals surface area contributed by atoms with Crippen molar-refractivity contribution < 1.29 is 38.2 Å². The first-order valence-electron chi connectivity index (χ1n) is 14.4. The Hall–Kier alpha value is -4.99. The first-order valence-corrected chi connectivity index (χ1v) is 14.4. The van der Waals surface area contributed by atoms with Crippen LogP contribution < -0.4 is 15.7 Å². The maximum Gasteiger partial charge on any atom is 0.363 e. The van der Waals surface area contributed by atoms with E-state index in [-0.39, 0.29) is 30.6 Å². The molecule has 0 saturated carbocycles. The lowest BCUT2D eigenvalue weighted by atomic mass is 9.88. The zero-order valence-corrected chi connectivity index (χ0v) is 24.9. The number of benzene rings is 3. The van der Waals surface area contributed by atoms with Gasteiger partial charge in [-0.3, -0.25) is 9.59 Å². The van der Waals surface area contributed by atoms with Crippen molar-refractivity contribution in [3.63, 3.8) is 0 Å². The number of nitrogens with zero attached hydrogens (tertiary/aromatic N) is 1. The van der Waals surface area contributed by atoms with Crippen LogP contribution in [0.2, 0.25) is 0 Å². The highest BCUT2D eigenvalue weighted by Crippen LogP contribution is 2.43. The third kappa shape index (κ3) is 5.60. The van der Waals surface area contributed by atoms with E-state index in [1.54, 1.807) is 6.92 Å². The topological polar surface area (TPSA) is 129 Å². The summed E-state index contributed by atoms with van der Waals surface area (Å²) in [6.45, 7) is 11.3. The van der Waals surface area contributed by atoms with Crippen molar-refractivity contribution in [1.29, 1.82) is 0 Å². The Bertz CT molecular complexity index is 1810. The van der Waals surface area contributed by atoms with E-state index < -0.39 is 23.8 Å². The van der Waals surface area contributed by atoms with Crippen molar-refractivity contribution >= 4 is 40.4 Å². The molecule has 1 fully saturated rings. The fraction of sp³-hybridized carbons (Fsp3) is 0.303. The second-order valence-corrected chi connectivity index (χ2v) is 10.3. The van der Waals surface area contributed by atoms with Crippen LogP contribution >= 0.6 is 0 Å². The van der Waals surface area contributed by atoms with Crippen molar-refractivity contribution in [3.8, 4) is 22.5 Å². The third-order valence-electron chi connectivity index (χ3n) is 7.35. The van der Waals surface area contributed by atoms with Gasteiger partial charge in [-0.25, -0.2) is 14.6 Å². The molecule has 0 radical (unpaired) electrons. The molecule has 2 amide bonds. The Morgan fingerprint density at radius 3 is 2.35 bits per heavy atom. The summed E-state index contributed by atoms with van der Waals surface area (Å²) in [5, 5.41) is 5.50. The quantitative estimate of drug-likeness (QED) is 0.182. The molecule has 2 N–H and O–H groups in total. The standard InChI is InChI=1S/C33H33N3O7/c1-6-34-25-16-27-23(13-18(25)4)31(24-14-19(5)26(35-7-2)17-28(24)42-27)22-15-20(9-10-21(22)33(40)41-8-3)32(39)43-36-29(37)11-12-30(36)38/h9-10,13-17,34H,6-8,11-12H2,1-5H3/p+1. The minimum atomic E-state index is -0.897. The Morgan fingerprint density at radius 2 is 1.67 bits per heavy atom. The summed E-state index contributed by atoms with van der Waals surface area (Å²) in [6, 6.07) is 12.3. The normalized spacial score (nSPS) is 13.7. The number of carbonyl (C=O) groups is 4. The average molecular weight is 585 g/mol. The molecule has 0 atom stereocenters. The maximum atomic E-state index is 13.3. The number of hydroxylamine groups is 2. The Labute approximate surface area is 248 Å². The summed E-state index contributed by atoms with van der Waals surface area (Å²) in [7, 11) is 0. The van der Waals surface area contributed by atoms with Crippen molar-refractivity contribution in [3.05, 3.63) is 70.1 Å². The monoisotopic (exact) mass is 584 g/mol. The van der Waals surface area contributed by atoms with E-state index in [1.165, 1.54) is 18.2 Å². The van der Waals surface area contributed by atoms with Crippen LogP contribution in [0.3, 0.4) is 0 Å². The highest BCUT2D eigenvalue weighted by Gasteiger charge is 2.34. The van der Waals surface area contributed by atoms with Gasteiger partial charge < -0.3 is 19.3 Å². The molecule has 2 aliphatic heterocycles. The Balaban J connectivity index is 1.82. The lowest BCUT2D eigenvalue weighted by molar-refractivity contribution is -0.496. The number of rotatable bonds is 8. The van der Waals surface area contributed by atoms with Gasteiger partial charge in [0.1, 0.15) is 17.9 Å². The molecule has 10 nitrogen and oxygen atoms in total. The van der Waals surface area contributed by atoms with Crippen molar-refractivity contribution in [1.82, 2.24) is 5.06 Å². The minimum absolute atomic E-state index is 0.0207. The van der Waals surface area contributed by atoms with Crippen LogP contribution in [-0.2, 0) is 19.2 Å². The van der Waals surface area contributed by atoms with Crippen molar-refractivity contribution in [2.75, 3.05) is 25.0 Å². The first kappa shape index (κ1) is 29.5. The second kappa shape index (κ2) is 12.1. The van der Waals surface area contributed by atoms with E-state index in [2.05, 4.69) is 10.3 Å². The lowest BCUT2D eigenvalue weighted by Crippen LogP contribution is -2.76. The molecular weight excluding hydrogens is 550 g/mol. The number of amides is 2. The molecule has 0 bridgehead atoms. The average Bonchev–Trinajstić information content (AvgIpc) is 3.29. The highest BCUT2D eigenvalue weighted by atomic mass is 16.7. The molecule has 43 heavy (non-hydrogen) atoms. The fourth-order valence-electron chi connectivity index (χ4n) is 5.31. The molecule has 2 heterocycles. The predicted molar refractivity (Wildman–Crippen MR) is 159 cm³/mol. The predicted octanol–water partition coefficient (Wildman–Crippen LogP) is 3.65. The molecule has 1 aliphatic carbocycles. The number of carbonyl (C=O) groups excluding carboxylic acids is 4. The van der Waals surface area contributed by atoms with Gasteiger partial charge in [-0.05, 0) is 76.1 Å². The SMILES string of the molecule is CCNc1cc2oc3cc(=[NH+]CC)c(C)cc-3c(-c3cc(C(=O)ON4C(=O)CCC4=O)ccc3C(=O)OCC)c2cc1C. The van der Waals surface area contributed by atoms with Gasteiger partial charge in [0.15, 0.2) is 0 Å². The number of anilines is 1. The van der Waals surface area contributed by atoms with Gasteiger partial charge in [-0.15, -0.1) is 5.06 Å². The van der Waals surface area contributed by atoms with Crippen LogP contribution in [0.4, 0.5) is 5.69 Å². The molecule has 0 aromatic heterocycles. The van der Waals surface area contributed by atoms with Crippen molar-refractivity contribution in [2.24, 2.45) is 0 Å². The van der Waals surface area contributed by atoms with Gasteiger partial charge in [0, 0.05) is 53.2 Å². The Morgan fingerprint density at radius 1 is 0.930 bits per heavy atom. The molecule has 0 unspecified atom stereocenters. The summed E-state index contributed by atoms with van der Waals surface area (Å²) in [6.07, 6.45) is -0.0415. The van der Waals surface area contributed by atoms with Gasteiger partial charge >= 0.3 is 11.9 Å². The van der Waals surface area contributed by atoms with Crippen LogP contribution in [0, 0.1) is 13.8 Å². The fourth-order valence-corrected chi connectivity index (χ4v) is 5.31. The largest absolute Gasteiger partial charge is 0.462 e. The molecular formula is C33H34N3O7+. The first-order chi connectivity index (χ1) is 20.7. The van der Waals surface area contributed by atoms with Gasteiger partial charge in [-0.2, -0.15) is 0 Å². The van der Waals surface area contributed by atoms with E-state index in [4.69, 9.17) is 14.0 Å². The zero-order chi connectivity index (χ0) is 30.8. The van der Waals surface area contributed by atoms with Gasteiger partial charge in [0.2, 0.25) is 5.36 Å². The van der Waals surface area contributed by atoms with Gasteiger partial charge in [0.05, 0.1) is 23.8 Å². The molecule has 2 aromatic carbocycles. The Kier molecular flexibility index (Phi) is 8.29. The smallest absolute Gasteiger partial charge is 0.363 e.